The normalized spacial score (nSPS) is 28.2. The Bertz CT molecular complexity index is 310. The van der Waals surface area contributed by atoms with Gasteiger partial charge in [0.1, 0.15) is 0 Å². The molecule has 0 radical (unpaired) electrons. The van der Waals surface area contributed by atoms with E-state index in [0.717, 1.165) is 30.9 Å². The lowest BCUT2D eigenvalue weighted by Crippen LogP contribution is -2.46. The number of rotatable bonds is 4. The summed E-state index contributed by atoms with van der Waals surface area (Å²) in [6.07, 6.45) is 6.29. The second-order valence-electron chi connectivity index (χ2n) is 4.62. The third kappa shape index (κ3) is 4.36. The minimum atomic E-state index is 0.288. The van der Waals surface area contributed by atoms with Crippen LogP contribution in [0.2, 0.25) is 0 Å². The quantitative estimate of drug-likeness (QED) is 0.759. The molecule has 3 nitrogen and oxygen atoms in total. The predicted octanol–water partition coefficient (Wildman–Crippen LogP) is 2.07. The Kier molecular flexibility index (Phi) is 5.45. The van der Waals surface area contributed by atoms with Gasteiger partial charge in [-0.1, -0.05) is 24.8 Å². The summed E-state index contributed by atoms with van der Waals surface area (Å²) in [7, 11) is 0. The van der Waals surface area contributed by atoms with Crippen LogP contribution >= 0.6 is 0 Å². The summed E-state index contributed by atoms with van der Waals surface area (Å²) in [5, 5.41) is 0. The molecule has 0 saturated carbocycles. The van der Waals surface area contributed by atoms with Crippen LogP contribution in [0.4, 0.5) is 0 Å². The largest absolute Gasteiger partial charge is 0.399 e. The summed E-state index contributed by atoms with van der Waals surface area (Å²) in [6, 6.07) is 0. The highest BCUT2D eigenvalue weighted by Crippen LogP contribution is 2.14. The maximum atomic E-state index is 5.98. The molecule has 0 aromatic carbocycles. The maximum Gasteiger partial charge on any atom is 0.0678 e. The van der Waals surface area contributed by atoms with Crippen LogP contribution < -0.4 is 5.73 Å². The van der Waals surface area contributed by atoms with Gasteiger partial charge in [-0.2, -0.15) is 0 Å². The van der Waals surface area contributed by atoms with Gasteiger partial charge in [-0.25, -0.2) is 0 Å². The topological polar surface area (TPSA) is 38.5 Å². The third-order valence-electron chi connectivity index (χ3n) is 2.89. The average Bonchev–Trinajstić information content (AvgIpc) is 2.26. The Morgan fingerprint density at radius 3 is 2.47 bits per heavy atom. The van der Waals surface area contributed by atoms with Gasteiger partial charge in [0.2, 0.25) is 0 Å². The number of ether oxygens (including phenoxy) is 1. The number of morpholine rings is 1. The van der Waals surface area contributed by atoms with Gasteiger partial charge >= 0.3 is 0 Å². The average molecular weight is 236 g/mol. The lowest BCUT2D eigenvalue weighted by Gasteiger charge is -2.35. The zero-order valence-electron chi connectivity index (χ0n) is 11.1. The maximum absolute atomic E-state index is 5.98. The minimum Gasteiger partial charge on any atom is -0.399 e. The van der Waals surface area contributed by atoms with Crippen LogP contribution in [0.5, 0.6) is 0 Å². The van der Waals surface area contributed by atoms with Crippen molar-refractivity contribution in [1.29, 1.82) is 0 Å². The van der Waals surface area contributed by atoms with Gasteiger partial charge in [0.15, 0.2) is 0 Å². The summed E-state index contributed by atoms with van der Waals surface area (Å²) >= 11 is 0. The van der Waals surface area contributed by atoms with Crippen molar-refractivity contribution in [2.75, 3.05) is 19.6 Å². The van der Waals surface area contributed by atoms with E-state index in [4.69, 9.17) is 10.5 Å². The molecule has 1 saturated heterocycles. The summed E-state index contributed by atoms with van der Waals surface area (Å²) in [5.74, 6) is 0. The van der Waals surface area contributed by atoms with Crippen LogP contribution in [0.15, 0.2) is 36.1 Å². The van der Waals surface area contributed by atoms with Gasteiger partial charge in [0.25, 0.3) is 0 Å². The first kappa shape index (κ1) is 14.0. The van der Waals surface area contributed by atoms with Crippen molar-refractivity contribution < 1.29 is 4.74 Å². The highest BCUT2D eigenvalue weighted by molar-refractivity contribution is 5.31. The number of hydrogen-bond donors (Lipinski definition) is 1. The smallest absolute Gasteiger partial charge is 0.0678 e. The van der Waals surface area contributed by atoms with Gasteiger partial charge < -0.3 is 10.5 Å². The number of allylic oxidation sites excluding steroid dienone is 3. The molecule has 0 aromatic rings. The molecule has 1 aliphatic rings. The van der Waals surface area contributed by atoms with E-state index < -0.39 is 0 Å². The molecular weight excluding hydrogens is 212 g/mol. The van der Waals surface area contributed by atoms with E-state index in [-0.39, 0.29) is 12.2 Å². The molecule has 0 unspecified atom stereocenters. The fourth-order valence-corrected chi connectivity index (χ4v) is 2.22. The highest BCUT2D eigenvalue weighted by atomic mass is 16.5. The number of nitrogens with two attached hydrogens (primary N) is 1. The summed E-state index contributed by atoms with van der Waals surface area (Å²) in [6.45, 7) is 12.7. The van der Waals surface area contributed by atoms with E-state index in [0.29, 0.717) is 0 Å². The van der Waals surface area contributed by atoms with Crippen molar-refractivity contribution >= 4 is 0 Å². The fourth-order valence-electron chi connectivity index (χ4n) is 2.22. The first-order valence-corrected chi connectivity index (χ1v) is 6.18. The van der Waals surface area contributed by atoms with Crippen molar-refractivity contribution in [3.63, 3.8) is 0 Å². The van der Waals surface area contributed by atoms with Crippen LogP contribution in [0.1, 0.15) is 20.8 Å². The zero-order valence-corrected chi connectivity index (χ0v) is 11.1. The first-order chi connectivity index (χ1) is 8.06. The second kappa shape index (κ2) is 6.62. The van der Waals surface area contributed by atoms with Gasteiger partial charge in [-0.3, -0.25) is 4.90 Å². The van der Waals surface area contributed by atoms with Crippen molar-refractivity contribution in [2.45, 2.75) is 33.0 Å². The van der Waals surface area contributed by atoms with E-state index in [2.05, 4.69) is 25.3 Å². The van der Waals surface area contributed by atoms with Crippen molar-refractivity contribution in [2.24, 2.45) is 5.73 Å². The standard InChI is InChI=1S/C14H24N2O/c1-5-7-13(14(15)6-2)10-16-8-11(3)17-12(4)9-16/h5-7,11-12H,1,8-10,15H2,2-4H3/b13-7-,14-6+/t11-,12+. The lowest BCUT2D eigenvalue weighted by molar-refractivity contribution is -0.0651. The fraction of sp³-hybridized carbons (Fsp3) is 0.571. The first-order valence-electron chi connectivity index (χ1n) is 6.18. The van der Waals surface area contributed by atoms with Crippen LogP contribution in [0.3, 0.4) is 0 Å². The summed E-state index contributed by atoms with van der Waals surface area (Å²) in [5.41, 5.74) is 7.94. The van der Waals surface area contributed by atoms with Gasteiger partial charge in [-0.15, -0.1) is 0 Å². The Morgan fingerprint density at radius 2 is 2.00 bits per heavy atom. The highest BCUT2D eigenvalue weighted by Gasteiger charge is 2.22. The Morgan fingerprint density at radius 1 is 1.41 bits per heavy atom. The van der Waals surface area contributed by atoms with Crippen LogP contribution in [-0.2, 0) is 4.74 Å². The van der Waals surface area contributed by atoms with Crippen molar-refractivity contribution in [3.8, 4) is 0 Å². The molecule has 1 aliphatic heterocycles. The number of hydrogen-bond acceptors (Lipinski definition) is 3. The van der Waals surface area contributed by atoms with Gasteiger partial charge in [0, 0.05) is 25.3 Å². The summed E-state index contributed by atoms with van der Waals surface area (Å²) < 4.78 is 5.72. The van der Waals surface area contributed by atoms with Crippen LogP contribution in [-0.4, -0.2) is 36.7 Å². The monoisotopic (exact) mass is 236 g/mol. The Balaban J connectivity index is 2.67. The molecule has 1 fully saturated rings. The molecule has 0 spiro atoms. The van der Waals surface area contributed by atoms with Crippen molar-refractivity contribution in [1.82, 2.24) is 4.90 Å². The van der Waals surface area contributed by atoms with Gasteiger partial charge in [0.05, 0.1) is 12.2 Å². The molecule has 17 heavy (non-hydrogen) atoms. The summed E-state index contributed by atoms with van der Waals surface area (Å²) in [4.78, 5) is 2.38. The van der Waals surface area contributed by atoms with E-state index in [1.165, 1.54) is 0 Å². The molecule has 2 N–H and O–H groups in total. The molecule has 2 atom stereocenters. The number of nitrogens with zero attached hydrogens (tertiary/aromatic N) is 1. The van der Waals surface area contributed by atoms with E-state index in [1.807, 2.05) is 19.1 Å². The Hall–Kier alpha value is -1.06. The van der Waals surface area contributed by atoms with E-state index in [1.54, 1.807) is 6.08 Å². The molecule has 96 valence electrons. The van der Waals surface area contributed by atoms with E-state index >= 15 is 0 Å². The molecule has 0 bridgehead atoms. The molecular formula is C14H24N2O. The molecule has 1 heterocycles. The second-order valence-corrected chi connectivity index (χ2v) is 4.62. The van der Waals surface area contributed by atoms with E-state index in [9.17, 15) is 0 Å². The Labute approximate surface area is 105 Å². The lowest BCUT2D eigenvalue weighted by atomic mass is 10.1. The molecule has 1 rings (SSSR count). The van der Waals surface area contributed by atoms with Crippen LogP contribution in [0, 0.1) is 0 Å². The zero-order chi connectivity index (χ0) is 12.8. The third-order valence-corrected chi connectivity index (χ3v) is 2.89. The molecule has 0 amide bonds. The molecule has 0 aliphatic carbocycles. The van der Waals surface area contributed by atoms with Crippen molar-refractivity contribution in [3.05, 3.63) is 36.1 Å². The van der Waals surface area contributed by atoms with Crippen LogP contribution in [0.25, 0.3) is 0 Å². The molecule has 0 aromatic heterocycles. The minimum absolute atomic E-state index is 0.288. The predicted molar refractivity (Wildman–Crippen MR) is 72.7 cm³/mol. The SMILES string of the molecule is C=C/C=C(CN1C[C@@H](C)O[C@@H](C)C1)\C(N)=C/C. The van der Waals surface area contributed by atoms with Gasteiger partial charge in [-0.05, 0) is 26.3 Å². The molecule has 3 heteroatoms.